The number of carbonyl (C=O) groups excluding carboxylic acids is 1. The highest BCUT2D eigenvalue weighted by molar-refractivity contribution is 7.92. The van der Waals surface area contributed by atoms with Crippen LogP contribution < -0.4 is 4.72 Å². The van der Waals surface area contributed by atoms with E-state index in [1.807, 2.05) is 0 Å². The van der Waals surface area contributed by atoms with Crippen LogP contribution in [0.2, 0.25) is 5.02 Å². The number of benzene rings is 2. The van der Waals surface area contributed by atoms with Crippen molar-refractivity contribution in [1.82, 2.24) is 4.90 Å². The molecule has 0 unspecified atom stereocenters. The largest absolute Gasteiger partial charge is 0.345 e. The quantitative estimate of drug-likeness (QED) is 0.915. The summed E-state index contributed by atoms with van der Waals surface area (Å²) in [6.45, 7) is 0. The smallest absolute Gasteiger partial charge is 0.261 e. The average Bonchev–Trinajstić information content (AvgIpc) is 2.49. The Morgan fingerprint density at radius 3 is 2.26 bits per heavy atom. The number of anilines is 1. The zero-order valence-electron chi connectivity index (χ0n) is 12.4. The number of nitrogens with one attached hydrogen (secondary N) is 1. The lowest BCUT2D eigenvalue weighted by atomic mass is 10.2. The molecule has 0 radical (unpaired) electrons. The van der Waals surface area contributed by atoms with Crippen molar-refractivity contribution >= 4 is 33.2 Å². The maximum atomic E-state index is 13.1. The van der Waals surface area contributed by atoms with Crippen LogP contribution >= 0.6 is 11.6 Å². The van der Waals surface area contributed by atoms with E-state index in [0.717, 1.165) is 18.2 Å². The molecule has 0 bridgehead atoms. The molecule has 23 heavy (non-hydrogen) atoms. The van der Waals surface area contributed by atoms with Gasteiger partial charge in [-0.05, 0) is 42.5 Å². The fraction of sp³-hybridized carbons (Fsp3) is 0.133. The maximum absolute atomic E-state index is 13.1. The molecule has 0 fully saturated rings. The lowest BCUT2D eigenvalue weighted by Gasteiger charge is -2.12. The Kier molecular flexibility index (Phi) is 4.91. The van der Waals surface area contributed by atoms with Crippen LogP contribution in [-0.4, -0.2) is 33.3 Å². The first-order chi connectivity index (χ1) is 10.7. The zero-order chi connectivity index (χ0) is 17.2. The predicted molar refractivity (Wildman–Crippen MR) is 86.7 cm³/mol. The van der Waals surface area contributed by atoms with Crippen LogP contribution in [0.3, 0.4) is 0 Å². The zero-order valence-corrected chi connectivity index (χ0v) is 14.0. The Hall–Kier alpha value is -2.12. The highest BCUT2D eigenvalue weighted by Gasteiger charge is 2.16. The highest BCUT2D eigenvalue weighted by atomic mass is 35.5. The van der Waals surface area contributed by atoms with E-state index in [9.17, 15) is 17.6 Å². The van der Waals surface area contributed by atoms with Crippen LogP contribution in [0.1, 0.15) is 10.4 Å². The molecule has 122 valence electrons. The lowest BCUT2D eigenvalue weighted by molar-refractivity contribution is 0.0827. The molecular formula is C15H14ClFN2O3S. The van der Waals surface area contributed by atoms with Crippen LogP contribution in [-0.2, 0) is 10.0 Å². The summed E-state index contributed by atoms with van der Waals surface area (Å²) in [5.41, 5.74) is 0.712. The van der Waals surface area contributed by atoms with Gasteiger partial charge in [-0.3, -0.25) is 9.52 Å². The van der Waals surface area contributed by atoms with Crippen molar-refractivity contribution in [1.29, 1.82) is 0 Å². The second-order valence-electron chi connectivity index (χ2n) is 4.96. The minimum atomic E-state index is -3.90. The molecule has 0 saturated carbocycles. The number of hydrogen-bond donors (Lipinski definition) is 1. The van der Waals surface area contributed by atoms with Gasteiger partial charge in [0.15, 0.2) is 0 Å². The second kappa shape index (κ2) is 6.55. The fourth-order valence-electron chi connectivity index (χ4n) is 1.80. The Balaban J connectivity index is 2.23. The Labute approximate surface area is 138 Å². The molecule has 2 aromatic carbocycles. The van der Waals surface area contributed by atoms with E-state index in [4.69, 9.17) is 11.6 Å². The van der Waals surface area contributed by atoms with Gasteiger partial charge in [-0.15, -0.1) is 0 Å². The van der Waals surface area contributed by atoms with E-state index < -0.39 is 15.8 Å². The summed E-state index contributed by atoms with van der Waals surface area (Å²) in [5.74, 6) is -0.887. The molecule has 0 atom stereocenters. The Morgan fingerprint density at radius 1 is 1.13 bits per heavy atom. The molecular weight excluding hydrogens is 343 g/mol. The summed E-state index contributed by atoms with van der Waals surface area (Å²) in [6, 6.07) is 9.10. The van der Waals surface area contributed by atoms with E-state index in [2.05, 4.69) is 4.72 Å². The lowest BCUT2D eigenvalue weighted by Crippen LogP contribution is -2.21. The van der Waals surface area contributed by atoms with Gasteiger partial charge in [-0.25, -0.2) is 12.8 Å². The van der Waals surface area contributed by atoms with Crippen LogP contribution in [0.25, 0.3) is 0 Å². The molecule has 0 heterocycles. The molecule has 2 aromatic rings. The van der Waals surface area contributed by atoms with E-state index in [1.165, 1.54) is 29.2 Å². The number of sulfonamides is 1. The number of carbonyl (C=O) groups is 1. The number of rotatable bonds is 4. The molecule has 0 aromatic heterocycles. The molecule has 0 saturated heterocycles. The maximum Gasteiger partial charge on any atom is 0.261 e. The summed E-state index contributed by atoms with van der Waals surface area (Å²) in [7, 11) is -0.654. The molecule has 1 N–H and O–H groups in total. The van der Waals surface area contributed by atoms with Gasteiger partial charge >= 0.3 is 0 Å². The molecule has 8 heteroatoms. The van der Waals surface area contributed by atoms with Crippen molar-refractivity contribution in [3.63, 3.8) is 0 Å². The fourth-order valence-corrected chi connectivity index (χ4v) is 3.13. The SMILES string of the molecule is CN(C)C(=O)c1ccc(NS(=O)(=O)c2ccc(F)c(Cl)c2)cc1. The third-order valence-corrected chi connectivity index (χ3v) is 4.66. The van der Waals surface area contributed by atoms with Crippen molar-refractivity contribution in [2.24, 2.45) is 0 Å². The van der Waals surface area contributed by atoms with Crippen molar-refractivity contribution in [3.05, 3.63) is 58.9 Å². The van der Waals surface area contributed by atoms with Crippen LogP contribution in [0.5, 0.6) is 0 Å². The van der Waals surface area contributed by atoms with Gasteiger partial charge in [0.2, 0.25) is 0 Å². The molecule has 2 rings (SSSR count). The first kappa shape index (κ1) is 17.2. The molecule has 0 aliphatic heterocycles. The van der Waals surface area contributed by atoms with Gasteiger partial charge in [0.25, 0.3) is 15.9 Å². The Bertz CT molecular complexity index is 836. The van der Waals surface area contributed by atoms with Gasteiger partial charge in [0, 0.05) is 25.3 Å². The molecule has 0 aliphatic rings. The third-order valence-electron chi connectivity index (χ3n) is 2.99. The topological polar surface area (TPSA) is 66.5 Å². The first-order valence-corrected chi connectivity index (χ1v) is 8.36. The van der Waals surface area contributed by atoms with Gasteiger partial charge in [0.05, 0.1) is 9.92 Å². The van der Waals surface area contributed by atoms with Crippen molar-refractivity contribution in [2.75, 3.05) is 18.8 Å². The van der Waals surface area contributed by atoms with Crippen molar-refractivity contribution in [3.8, 4) is 0 Å². The van der Waals surface area contributed by atoms with E-state index >= 15 is 0 Å². The average molecular weight is 357 g/mol. The summed E-state index contributed by atoms with van der Waals surface area (Å²) in [5, 5.41) is -0.278. The van der Waals surface area contributed by atoms with Crippen molar-refractivity contribution < 1.29 is 17.6 Å². The van der Waals surface area contributed by atoms with Gasteiger partial charge in [0.1, 0.15) is 5.82 Å². The van der Waals surface area contributed by atoms with Gasteiger partial charge < -0.3 is 4.90 Å². The third kappa shape index (κ3) is 4.00. The van der Waals surface area contributed by atoms with Crippen LogP contribution in [0, 0.1) is 5.82 Å². The summed E-state index contributed by atoms with van der Waals surface area (Å²) < 4.78 is 39.9. The van der Waals surface area contributed by atoms with Gasteiger partial charge in [-0.2, -0.15) is 0 Å². The summed E-state index contributed by atoms with van der Waals surface area (Å²) in [4.78, 5) is 13.0. The second-order valence-corrected chi connectivity index (χ2v) is 7.05. The first-order valence-electron chi connectivity index (χ1n) is 6.50. The molecule has 5 nitrogen and oxygen atoms in total. The van der Waals surface area contributed by atoms with Crippen LogP contribution in [0.15, 0.2) is 47.4 Å². The summed E-state index contributed by atoms with van der Waals surface area (Å²) in [6.07, 6.45) is 0. The minimum absolute atomic E-state index is 0.155. The minimum Gasteiger partial charge on any atom is -0.345 e. The normalized spacial score (nSPS) is 11.1. The van der Waals surface area contributed by atoms with E-state index in [0.29, 0.717) is 5.56 Å². The number of halogens is 2. The standard InChI is InChI=1S/C15H14ClFN2O3S/c1-19(2)15(20)10-3-5-11(6-4-10)18-23(21,22)12-7-8-14(17)13(16)9-12/h3-9,18H,1-2H3. The van der Waals surface area contributed by atoms with E-state index in [-0.39, 0.29) is 21.5 Å². The molecule has 0 aliphatic carbocycles. The summed E-state index contributed by atoms with van der Waals surface area (Å²) >= 11 is 5.60. The number of amides is 1. The number of hydrogen-bond acceptors (Lipinski definition) is 3. The van der Waals surface area contributed by atoms with Gasteiger partial charge in [-0.1, -0.05) is 11.6 Å². The highest BCUT2D eigenvalue weighted by Crippen LogP contribution is 2.22. The Morgan fingerprint density at radius 2 is 1.74 bits per heavy atom. The number of nitrogens with zero attached hydrogens (tertiary/aromatic N) is 1. The predicted octanol–water partition coefficient (Wildman–Crippen LogP) is 2.98. The van der Waals surface area contributed by atoms with E-state index in [1.54, 1.807) is 14.1 Å². The monoisotopic (exact) mass is 356 g/mol. The molecule has 0 spiro atoms. The van der Waals surface area contributed by atoms with Crippen molar-refractivity contribution in [2.45, 2.75) is 4.90 Å². The molecule has 1 amide bonds. The van der Waals surface area contributed by atoms with Crippen LogP contribution in [0.4, 0.5) is 10.1 Å².